The molecular weight excluding hydrogens is 428 g/mol. The quantitative estimate of drug-likeness (QED) is 0.142. The van der Waals surface area contributed by atoms with Gasteiger partial charge in [0, 0.05) is 6.61 Å². The van der Waals surface area contributed by atoms with Crippen LogP contribution in [0.3, 0.4) is 0 Å². The second kappa shape index (κ2) is 14.8. The summed E-state index contributed by atoms with van der Waals surface area (Å²) in [6.45, 7) is 3.30. The summed E-state index contributed by atoms with van der Waals surface area (Å²) < 4.78 is 16.2. The minimum Gasteiger partial charge on any atom is -0.494 e. The second-order valence-electron chi connectivity index (χ2n) is 9.29. The van der Waals surface area contributed by atoms with Gasteiger partial charge in [-0.2, -0.15) is 0 Å². The second-order valence-corrected chi connectivity index (χ2v) is 9.29. The van der Waals surface area contributed by atoms with E-state index in [1.165, 1.54) is 44.1 Å². The Bertz CT molecular complexity index is 823. The predicted molar refractivity (Wildman–Crippen MR) is 134 cm³/mol. The molecule has 1 N–H and O–H groups in total. The van der Waals surface area contributed by atoms with Gasteiger partial charge in [-0.05, 0) is 98.7 Å². The van der Waals surface area contributed by atoms with Crippen molar-refractivity contribution >= 4 is 5.97 Å². The fraction of sp³-hybridized carbons (Fsp3) is 0.552. The molecule has 0 aliphatic heterocycles. The van der Waals surface area contributed by atoms with Gasteiger partial charge in [0.05, 0.1) is 12.2 Å². The Hall–Kier alpha value is -2.37. The van der Waals surface area contributed by atoms with Gasteiger partial charge in [-0.25, -0.2) is 4.79 Å². The summed E-state index contributed by atoms with van der Waals surface area (Å²) in [7, 11) is 0. The molecule has 0 amide bonds. The molecular formula is C29H40O5. The third-order valence-electron chi connectivity index (χ3n) is 6.74. The van der Waals surface area contributed by atoms with Crippen LogP contribution in [0.4, 0.5) is 0 Å². The summed E-state index contributed by atoms with van der Waals surface area (Å²) in [6.07, 6.45) is 11.8. The maximum Gasteiger partial charge on any atom is 0.343 e. The highest BCUT2D eigenvalue weighted by Gasteiger charge is 2.21. The smallest absolute Gasteiger partial charge is 0.343 e. The molecule has 5 heteroatoms. The molecule has 0 aromatic heterocycles. The first kappa shape index (κ1) is 26.2. The van der Waals surface area contributed by atoms with E-state index in [2.05, 4.69) is 19.1 Å². The standard InChI is InChI=1S/C29H40O5/c1-2-7-23-8-10-24(11-9-23)25-12-18-28(19-13-25)34-29(31)26-14-16-27(17-15-26)33-21-6-4-3-5-20-32-22-30/h12-19,23-24,30H,2-11,20-22H2,1H3. The van der Waals surface area contributed by atoms with Crippen LogP contribution in [0.1, 0.15) is 93.0 Å². The van der Waals surface area contributed by atoms with Crippen LogP contribution >= 0.6 is 0 Å². The largest absolute Gasteiger partial charge is 0.494 e. The zero-order chi connectivity index (χ0) is 24.0. The van der Waals surface area contributed by atoms with Crippen LogP contribution in [0.2, 0.25) is 0 Å². The number of ether oxygens (including phenoxy) is 3. The first-order chi connectivity index (χ1) is 16.7. The SMILES string of the molecule is CCCC1CCC(c2ccc(OC(=O)c3ccc(OCCCCCCOCO)cc3)cc2)CC1. The van der Waals surface area contributed by atoms with Gasteiger partial charge in [-0.15, -0.1) is 0 Å². The number of benzene rings is 2. The van der Waals surface area contributed by atoms with Crippen molar-refractivity contribution in [1.82, 2.24) is 0 Å². The average Bonchev–Trinajstić information content (AvgIpc) is 2.87. The lowest BCUT2D eigenvalue weighted by Gasteiger charge is -2.28. The fourth-order valence-electron chi connectivity index (χ4n) is 4.77. The van der Waals surface area contributed by atoms with Crippen LogP contribution in [0.5, 0.6) is 11.5 Å². The van der Waals surface area contributed by atoms with Crippen LogP contribution in [0.15, 0.2) is 48.5 Å². The van der Waals surface area contributed by atoms with Gasteiger partial charge in [0.15, 0.2) is 0 Å². The van der Waals surface area contributed by atoms with Gasteiger partial charge in [0.1, 0.15) is 18.3 Å². The highest BCUT2D eigenvalue weighted by Crippen LogP contribution is 2.37. The van der Waals surface area contributed by atoms with Crippen molar-refractivity contribution in [3.63, 3.8) is 0 Å². The van der Waals surface area contributed by atoms with Crippen LogP contribution < -0.4 is 9.47 Å². The minimum atomic E-state index is -0.357. The number of unbranched alkanes of at least 4 members (excludes halogenated alkanes) is 3. The zero-order valence-corrected chi connectivity index (χ0v) is 20.5. The molecule has 0 saturated heterocycles. The van der Waals surface area contributed by atoms with Gasteiger partial charge in [-0.1, -0.05) is 38.3 Å². The first-order valence-electron chi connectivity index (χ1n) is 12.9. The maximum absolute atomic E-state index is 12.5. The lowest BCUT2D eigenvalue weighted by Crippen LogP contribution is -2.13. The molecule has 2 aromatic carbocycles. The number of aliphatic hydroxyl groups is 1. The molecule has 0 bridgehead atoms. The molecule has 3 rings (SSSR count). The normalized spacial score (nSPS) is 17.9. The molecule has 1 aliphatic carbocycles. The summed E-state index contributed by atoms with van der Waals surface area (Å²) in [4.78, 5) is 12.5. The van der Waals surface area contributed by atoms with Gasteiger partial charge in [-0.3, -0.25) is 0 Å². The number of aliphatic hydroxyl groups excluding tert-OH is 1. The summed E-state index contributed by atoms with van der Waals surface area (Å²) >= 11 is 0. The van der Waals surface area contributed by atoms with Crippen molar-refractivity contribution in [2.24, 2.45) is 5.92 Å². The monoisotopic (exact) mass is 468 g/mol. The Morgan fingerprint density at radius 2 is 1.50 bits per heavy atom. The topological polar surface area (TPSA) is 65.0 Å². The Morgan fingerprint density at radius 3 is 2.15 bits per heavy atom. The molecule has 1 fully saturated rings. The first-order valence-corrected chi connectivity index (χ1v) is 12.9. The third-order valence-corrected chi connectivity index (χ3v) is 6.74. The molecule has 0 heterocycles. The molecule has 0 radical (unpaired) electrons. The van der Waals surface area contributed by atoms with E-state index in [1.54, 1.807) is 12.1 Å². The van der Waals surface area contributed by atoms with Crippen molar-refractivity contribution in [2.45, 2.75) is 77.0 Å². The maximum atomic E-state index is 12.5. The van der Waals surface area contributed by atoms with E-state index in [4.69, 9.17) is 19.3 Å². The Morgan fingerprint density at radius 1 is 0.853 bits per heavy atom. The molecule has 34 heavy (non-hydrogen) atoms. The predicted octanol–water partition coefficient (Wildman–Crippen LogP) is 6.89. The molecule has 1 aliphatic rings. The van der Waals surface area contributed by atoms with Crippen molar-refractivity contribution < 1.29 is 24.1 Å². The summed E-state index contributed by atoms with van der Waals surface area (Å²) in [5.41, 5.74) is 1.87. The molecule has 0 unspecified atom stereocenters. The summed E-state index contributed by atoms with van der Waals surface area (Å²) in [5.74, 6) is 2.51. The van der Waals surface area contributed by atoms with E-state index in [1.807, 2.05) is 24.3 Å². The number of hydrogen-bond acceptors (Lipinski definition) is 5. The molecule has 1 saturated carbocycles. The fourth-order valence-corrected chi connectivity index (χ4v) is 4.77. The van der Waals surface area contributed by atoms with Gasteiger partial charge < -0.3 is 19.3 Å². The van der Waals surface area contributed by atoms with Gasteiger partial charge in [0.2, 0.25) is 0 Å². The lowest BCUT2D eigenvalue weighted by atomic mass is 9.77. The Labute approximate surface area is 204 Å². The number of carbonyl (C=O) groups excluding carboxylic acids is 1. The van der Waals surface area contributed by atoms with E-state index >= 15 is 0 Å². The van der Waals surface area contributed by atoms with Crippen LogP contribution in [-0.2, 0) is 4.74 Å². The van der Waals surface area contributed by atoms with Gasteiger partial charge in [0.25, 0.3) is 0 Å². The number of hydrogen-bond donors (Lipinski definition) is 1. The van der Waals surface area contributed by atoms with Crippen LogP contribution in [0.25, 0.3) is 0 Å². The number of esters is 1. The highest BCUT2D eigenvalue weighted by molar-refractivity contribution is 5.91. The number of carbonyl (C=O) groups is 1. The van der Waals surface area contributed by atoms with Crippen molar-refractivity contribution in [1.29, 1.82) is 0 Å². The number of rotatable bonds is 14. The van der Waals surface area contributed by atoms with Gasteiger partial charge >= 0.3 is 5.97 Å². The van der Waals surface area contributed by atoms with E-state index in [-0.39, 0.29) is 12.8 Å². The zero-order valence-electron chi connectivity index (χ0n) is 20.5. The Balaban J connectivity index is 1.38. The Kier molecular flexibility index (Phi) is 11.4. The molecule has 0 spiro atoms. The van der Waals surface area contributed by atoms with Crippen molar-refractivity contribution in [3.05, 3.63) is 59.7 Å². The van der Waals surface area contributed by atoms with E-state index < -0.39 is 0 Å². The molecule has 186 valence electrons. The average molecular weight is 469 g/mol. The highest BCUT2D eigenvalue weighted by atomic mass is 16.6. The van der Waals surface area contributed by atoms with Crippen molar-refractivity contribution in [2.75, 3.05) is 20.0 Å². The minimum absolute atomic E-state index is 0.209. The van der Waals surface area contributed by atoms with Crippen LogP contribution in [0, 0.1) is 5.92 Å². The van der Waals surface area contributed by atoms with E-state index in [0.29, 0.717) is 30.4 Å². The van der Waals surface area contributed by atoms with E-state index in [0.717, 1.165) is 37.4 Å². The molecule has 5 nitrogen and oxygen atoms in total. The third kappa shape index (κ3) is 8.77. The summed E-state index contributed by atoms with van der Waals surface area (Å²) in [6, 6.07) is 15.2. The van der Waals surface area contributed by atoms with E-state index in [9.17, 15) is 4.79 Å². The lowest BCUT2D eigenvalue weighted by molar-refractivity contribution is -0.00289. The van der Waals surface area contributed by atoms with Crippen LogP contribution in [-0.4, -0.2) is 31.1 Å². The summed E-state index contributed by atoms with van der Waals surface area (Å²) in [5, 5.41) is 8.56. The van der Waals surface area contributed by atoms with Crippen molar-refractivity contribution in [3.8, 4) is 11.5 Å². The molecule has 2 aromatic rings. The molecule has 0 atom stereocenters.